The molecule has 0 fully saturated rings. The summed E-state index contributed by atoms with van der Waals surface area (Å²) in [5.74, 6) is 0.0942. The molecule has 6 rings (SSSR count). The number of aryl methyl sites for hydroxylation is 2. The summed E-state index contributed by atoms with van der Waals surface area (Å²) in [6.07, 6.45) is -1.97. The van der Waals surface area contributed by atoms with Crippen molar-refractivity contribution in [3.63, 3.8) is 0 Å². The van der Waals surface area contributed by atoms with Gasteiger partial charge in [0, 0.05) is 21.2 Å². The van der Waals surface area contributed by atoms with Gasteiger partial charge in [0.25, 0.3) is 0 Å². The molecule has 2 unspecified atom stereocenters. The molecule has 0 spiro atoms. The van der Waals surface area contributed by atoms with Crippen LogP contribution in [0.25, 0.3) is 43.8 Å². The molecule has 0 saturated heterocycles. The van der Waals surface area contributed by atoms with Crippen LogP contribution in [-0.2, 0) is 23.8 Å². The van der Waals surface area contributed by atoms with Crippen LogP contribution >= 0.6 is 23.2 Å². The molecule has 0 amide bonds. The van der Waals surface area contributed by atoms with Gasteiger partial charge in [0.15, 0.2) is 12.2 Å². The molecule has 0 saturated carbocycles. The Labute approximate surface area is 387 Å². The molecule has 0 aliphatic heterocycles. The summed E-state index contributed by atoms with van der Waals surface area (Å²) >= 11 is 12.2. The molecule has 0 aromatic heterocycles. The van der Waals surface area contributed by atoms with E-state index in [1.807, 2.05) is 134 Å². The fraction of sp³-hybridized carbons (Fsp3) is 0.320. The number of halogens is 2. The van der Waals surface area contributed by atoms with Crippen molar-refractivity contribution in [2.45, 2.75) is 85.7 Å². The number of aliphatic carboxylic acids is 1. The molecule has 62 heavy (non-hydrogen) atoms. The van der Waals surface area contributed by atoms with E-state index >= 15 is 0 Å². The minimum atomic E-state index is -1.10. The summed E-state index contributed by atoms with van der Waals surface area (Å²) in [6, 6.07) is 30.8. The Morgan fingerprint density at radius 3 is 1.32 bits per heavy atom. The molecule has 0 aliphatic carbocycles. The van der Waals surface area contributed by atoms with Gasteiger partial charge in [-0.3, -0.25) is 0 Å². The van der Waals surface area contributed by atoms with Gasteiger partial charge in [-0.25, -0.2) is 9.59 Å². The first-order valence-corrected chi connectivity index (χ1v) is 20.5. The van der Waals surface area contributed by atoms with Gasteiger partial charge < -0.3 is 34.3 Å². The van der Waals surface area contributed by atoms with E-state index in [1.54, 1.807) is 33.3 Å². The van der Waals surface area contributed by atoms with Crippen LogP contribution in [0.5, 0.6) is 11.5 Å². The third-order valence-corrected chi connectivity index (χ3v) is 10.2. The first-order chi connectivity index (χ1) is 28.2. The number of benzene rings is 6. The Morgan fingerprint density at radius 2 is 0.984 bits per heavy atom. The van der Waals surface area contributed by atoms with Crippen LogP contribution in [0, 0.1) is 13.8 Å². The van der Waals surface area contributed by atoms with Crippen molar-refractivity contribution in [3.05, 3.63) is 129 Å². The summed E-state index contributed by atoms with van der Waals surface area (Å²) < 4.78 is 28.5. The third kappa shape index (κ3) is 12.5. The van der Waals surface area contributed by atoms with Crippen LogP contribution in [0.3, 0.4) is 0 Å². The minimum Gasteiger partial charge on any atom is -0.870 e. The Morgan fingerprint density at radius 1 is 0.613 bits per heavy atom. The van der Waals surface area contributed by atoms with Crippen molar-refractivity contribution in [1.29, 1.82) is 0 Å². The molecule has 6 aromatic carbocycles. The van der Waals surface area contributed by atoms with Crippen LogP contribution in [0.15, 0.2) is 97.1 Å². The van der Waals surface area contributed by atoms with E-state index in [-0.39, 0.29) is 30.9 Å². The zero-order chi connectivity index (χ0) is 44.1. The molecule has 12 heteroatoms. The normalized spacial score (nSPS) is 12.3. The van der Waals surface area contributed by atoms with Crippen molar-refractivity contribution in [2.75, 3.05) is 20.8 Å². The van der Waals surface area contributed by atoms with Crippen LogP contribution in [0.2, 0.25) is 10.0 Å². The monoisotopic (exact) mass is 876 g/mol. The Kier molecular flexibility index (Phi) is 18.1. The van der Waals surface area contributed by atoms with Gasteiger partial charge in [-0.2, -0.15) is 0 Å². The SMILES string of the molecule is CCOC(=O)C(OC(C)(C)C)c1c(C)cc2cc(OC)ccc2c1-c1ccc(Cl)cc1.COc1ccc2c(-c3ccc(Cl)cc3)c(C(OC(C)(C)C)C(=O)O)c(C)cc2c1.[Li+].[OH-]. The number of ether oxygens (including phenoxy) is 5. The molecule has 324 valence electrons. The molecule has 0 heterocycles. The Bertz CT molecular complexity index is 2490. The van der Waals surface area contributed by atoms with Crippen molar-refractivity contribution >= 4 is 56.7 Å². The predicted molar refractivity (Wildman–Crippen MR) is 245 cm³/mol. The molecule has 0 bridgehead atoms. The third-order valence-electron chi connectivity index (χ3n) is 9.65. The maximum absolute atomic E-state index is 13.1. The van der Waals surface area contributed by atoms with Gasteiger partial charge in [-0.05, 0) is 166 Å². The van der Waals surface area contributed by atoms with Crippen LogP contribution in [0.1, 0.15) is 82.9 Å². The number of hydrogen-bond acceptors (Lipinski definition) is 8. The van der Waals surface area contributed by atoms with Gasteiger partial charge in [0.2, 0.25) is 0 Å². The van der Waals surface area contributed by atoms with Crippen molar-refractivity contribution in [2.24, 2.45) is 0 Å². The van der Waals surface area contributed by atoms with Gasteiger partial charge in [0.05, 0.1) is 32.0 Å². The maximum Gasteiger partial charge on any atom is 1.00 e. The molecule has 2 N–H and O–H groups in total. The van der Waals surface area contributed by atoms with E-state index in [0.29, 0.717) is 15.6 Å². The Balaban J connectivity index is 0.000000321. The number of methoxy groups -OCH3 is 2. The summed E-state index contributed by atoms with van der Waals surface area (Å²) in [5, 5.41) is 15.2. The van der Waals surface area contributed by atoms with E-state index in [4.69, 9.17) is 46.9 Å². The van der Waals surface area contributed by atoms with Crippen LogP contribution in [0.4, 0.5) is 0 Å². The number of carboxylic acids is 1. The first kappa shape index (κ1) is 51.8. The summed E-state index contributed by atoms with van der Waals surface area (Å²) in [7, 11) is 3.27. The fourth-order valence-corrected chi connectivity index (χ4v) is 7.50. The van der Waals surface area contributed by atoms with Crippen LogP contribution in [-0.4, -0.2) is 54.5 Å². The van der Waals surface area contributed by atoms with E-state index in [1.165, 1.54) is 0 Å². The zero-order valence-electron chi connectivity index (χ0n) is 37.6. The van der Waals surface area contributed by atoms with E-state index in [2.05, 4.69) is 6.07 Å². The summed E-state index contributed by atoms with van der Waals surface area (Å²) in [5.41, 5.74) is 5.64. The number of esters is 1. The van der Waals surface area contributed by atoms with Crippen molar-refractivity contribution in [3.8, 4) is 33.8 Å². The van der Waals surface area contributed by atoms with Crippen molar-refractivity contribution < 1.29 is 62.7 Å². The zero-order valence-corrected chi connectivity index (χ0v) is 39.1. The van der Waals surface area contributed by atoms with E-state index in [9.17, 15) is 14.7 Å². The molecule has 0 aliphatic rings. The summed E-state index contributed by atoms with van der Waals surface area (Å²) in [4.78, 5) is 25.3. The molecule has 2 atom stereocenters. The molecular formula is C50H55Cl2LiO9. The number of hydrogen-bond donors (Lipinski definition) is 1. The Hall–Kier alpha value is -4.56. The molecule has 9 nitrogen and oxygen atoms in total. The van der Waals surface area contributed by atoms with Gasteiger partial charge in [-0.1, -0.05) is 71.7 Å². The average molecular weight is 878 g/mol. The quantitative estimate of drug-likeness (QED) is 0.0999. The number of carbonyl (C=O) groups is 2. The second-order valence-electron chi connectivity index (χ2n) is 16.5. The fourth-order valence-electron chi connectivity index (χ4n) is 7.25. The van der Waals surface area contributed by atoms with Crippen molar-refractivity contribution in [1.82, 2.24) is 0 Å². The molecule has 0 radical (unpaired) electrons. The minimum absolute atomic E-state index is 0. The number of rotatable bonds is 11. The second-order valence-corrected chi connectivity index (χ2v) is 17.3. The predicted octanol–water partition coefficient (Wildman–Crippen LogP) is 10.1. The smallest absolute Gasteiger partial charge is 0.870 e. The topological polar surface area (TPSA) is 131 Å². The molecule has 6 aromatic rings. The largest absolute Gasteiger partial charge is 1.00 e. The van der Waals surface area contributed by atoms with E-state index in [0.717, 1.165) is 72.0 Å². The maximum atomic E-state index is 13.1. The van der Waals surface area contributed by atoms with Crippen LogP contribution < -0.4 is 28.3 Å². The number of carbonyl (C=O) groups excluding carboxylic acids is 1. The van der Waals surface area contributed by atoms with E-state index < -0.39 is 35.3 Å². The average Bonchev–Trinajstić information content (AvgIpc) is 3.18. The van der Waals surface area contributed by atoms with Gasteiger partial charge in [-0.15, -0.1) is 0 Å². The second kappa shape index (κ2) is 21.7. The molecular weight excluding hydrogens is 822 g/mol. The van der Waals surface area contributed by atoms with Gasteiger partial charge in [0.1, 0.15) is 11.5 Å². The summed E-state index contributed by atoms with van der Waals surface area (Å²) in [6.45, 7) is 17.3. The number of carboxylic acid groups (broad SMARTS) is 1. The van der Waals surface area contributed by atoms with Gasteiger partial charge >= 0.3 is 30.8 Å². The first-order valence-electron chi connectivity index (χ1n) is 19.7. The number of fused-ring (bicyclic) bond motifs is 2. The standard InChI is InChI=1S/C26H29ClO4.C24H25ClO4.Li.H2O/c1-7-30-25(28)24(31-26(3,4)5)22-16(2)14-18-15-20(29-6)12-13-21(18)23(22)17-8-10-19(27)11-9-17;1-14-12-16-13-18(28-5)10-11-19(16)21(15-6-8-17(25)9-7-15)20(14)22(23(26)27)29-24(2,3)4;;/h8-15,24H,7H2,1-6H3;6-13,22H,1-5H3,(H,26,27);;1H2/q;;+1;/p-1.